The minimum absolute atomic E-state index is 0.0390. The molecule has 0 saturated heterocycles. The van der Waals surface area contributed by atoms with E-state index in [9.17, 15) is 8.42 Å². The summed E-state index contributed by atoms with van der Waals surface area (Å²) in [6.07, 6.45) is 0.0390. The summed E-state index contributed by atoms with van der Waals surface area (Å²) < 4.78 is 38.0. The van der Waals surface area contributed by atoms with Gasteiger partial charge in [-0.2, -0.15) is 0 Å². The Hall–Kier alpha value is -1.57. The van der Waals surface area contributed by atoms with Crippen molar-refractivity contribution in [1.29, 1.82) is 0 Å². The molecule has 22 heavy (non-hydrogen) atoms. The Bertz CT molecular complexity index is 709. The van der Waals surface area contributed by atoms with Crippen molar-refractivity contribution >= 4 is 21.4 Å². The Balaban J connectivity index is 2.11. The Morgan fingerprint density at radius 2 is 2.00 bits per heavy atom. The summed E-state index contributed by atoms with van der Waals surface area (Å²) in [5, 5.41) is 1.73. The second kappa shape index (κ2) is 7.13. The van der Waals surface area contributed by atoms with Gasteiger partial charge in [-0.05, 0) is 43.0 Å². The van der Waals surface area contributed by atoms with E-state index in [4.69, 9.17) is 9.47 Å². The summed E-state index contributed by atoms with van der Waals surface area (Å²) in [5.41, 5.74) is 0.799. The van der Waals surface area contributed by atoms with E-state index in [2.05, 4.69) is 4.72 Å². The number of hydrogen-bond acceptors (Lipinski definition) is 5. The lowest BCUT2D eigenvalue weighted by Gasteiger charge is -2.14. The molecule has 0 bridgehead atoms. The molecule has 1 N–H and O–H groups in total. The van der Waals surface area contributed by atoms with Crippen molar-refractivity contribution in [3.63, 3.8) is 0 Å². The second-order valence-corrected chi connectivity index (χ2v) is 7.85. The van der Waals surface area contributed by atoms with Crippen LogP contribution in [0.5, 0.6) is 11.5 Å². The summed E-state index contributed by atoms with van der Waals surface area (Å²) in [7, 11) is -1.91. The number of benzene rings is 1. The highest BCUT2D eigenvalue weighted by molar-refractivity contribution is 7.91. The van der Waals surface area contributed by atoms with Crippen molar-refractivity contribution in [2.45, 2.75) is 30.7 Å². The minimum Gasteiger partial charge on any atom is -0.493 e. The topological polar surface area (TPSA) is 64.6 Å². The SMILES string of the molecule is COc1cc(CNS(=O)(=O)c2cccs2)ccc1OC(C)C. The standard InChI is InChI=1S/C15H19NO4S2/c1-11(2)20-13-7-6-12(9-14(13)19-3)10-16-22(17,18)15-5-4-8-21-15/h4-9,11,16H,10H2,1-3H3. The molecule has 5 nitrogen and oxygen atoms in total. The summed E-state index contributed by atoms with van der Waals surface area (Å²) in [6.45, 7) is 4.06. The molecule has 0 unspecified atom stereocenters. The zero-order chi connectivity index (χ0) is 16.2. The van der Waals surface area contributed by atoms with Crippen LogP contribution in [0, 0.1) is 0 Å². The Morgan fingerprint density at radius 3 is 2.59 bits per heavy atom. The molecule has 0 saturated carbocycles. The summed E-state index contributed by atoms with van der Waals surface area (Å²) in [6, 6.07) is 8.66. The van der Waals surface area contributed by atoms with Crippen molar-refractivity contribution in [2.75, 3.05) is 7.11 Å². The van der Waals surface area contributed by atoms with Crippen LogP contribution in [-0.2, 0) is 16.6 Å². The number of nitrogens with one attached hydrogen (secondary N) is 1. The van der Waals surface area contributed by atoms with Gasteiger partial charge in [-0.15, -0.1) is 11.3 Å². The van der Waals surface area contributed by atoms with E-state index in [1.807, 2.05) is 19.9 Å². The molecule has 120 valence electrons. The van der Waals surface area contributed by atoms with Gasteiger partial charge in [0.15, 0.2) is 11.5 Å². The van der Waals surface area contributed by atoms with E-state index in [1.54, 1.807) is 36.8 Å². The van der Waals surface area contributed by atoms with Crippen LogP contribution in [0.25, 0.3) is 0 Å². The third-order valence-corrected chi connectivity index (χ3v) is 5.62. The minimum atomic E-state index is -3.47. The molecule has 1 aromatic carbocycles. The van der Waals surface area contributed by atoms with Gasteiger partial charge in [-0.3, -0.25) is 0 Å². The highest BCUT2D eigenvalue weighted by Crippen LogP contribution is 2.29. The lowest BCUT2D eigenvalue weighted by molar-refractivity contribution is 0.230. The molecule has 2 rings (SSSR count). The molecule has 7 heteroatoms. The summed E-state index contributed by atoms with van der Waals surface area (Å²) in [4.78, 5) is 0. The van der Waals surface area contributed by atoms with Gasteiger partial charge < -0.3 is 9.47 Å². The second-order valence-electron chi connectivity index (χ2n) is 4.91. The van der Waals surface area contributed by atoms with Gasteiger partial charge in [0, 0.05) is 6.54 Å². The Labute approximate surface area is 134 Å². The largest absolute Gasteiger partial charge is 0.493 e. The van der Waals surface area contributed by atoms with E-state index in [1.165, 1.54) is 11.3 Å². The first kappa shape index (κ1) is 16.8. The smallest absolute Gasteiger partial charge is 0.250 e. The van der Waals surface area contributed by atoms with Crippen LogP contribution < -0.4 is 14.2 Å². The van der Waals surface area contributed by atoms with Gasteiger partial charge in [0.25, 0.3) is 0 Å². The highest BCUT2D eigenvalue weighted by atomic mass is 32.2. The van der Waals surface area contributed by atoms with E-state index >= 15 is 0 Å². The first-order chi connectivity index (χ1) is 10.4. The van der Waals surface area contributed by atoms with Crippen LogP contribution in [0.1, 0.15) is 19.4 Å². The average Bonchev–Trinajstić information content (AvgIpc) is 3.00. The average molecular weight is 341 g/mol. The van der Waals surface area contributed by atoms with Crippen LogP contribution in [0.2, 0.25) is 0 Å². The van der Waals surface area contributed by atoms with Crippen molar-refractivity contribution in [1.82, 2.24) is 4.72 Å². The van der Waals surface area contributed by atoms with E-state index < -0.39 is 10.0 Å². The zero-order valence-corrected chi connectivity index (χ0v) is 14.3. The molecule has 0 radical (unpaired) electrons. The van der Waals surface area contributed by atoms with Crippen molar-refractivity contribution in [2.24, 2.45) is 0 Å². The van der Waals surface area contributed by atoms with Crippen LogP contribution in [-0.4, -0.2) is 21.6 Å². The van der Waals surface area contributed by atoms with Gasteiger partial charge in [0.1, 0.15) is 4.21 Å². The van der Waals surface area contributed by atoms with Gasteiger partial charge in [0.2, 0.25) is 10.0 Å². The monoisotopic (exact) mass is 341 g/mol. The lowest BCUT2D eigenvalue weighted by Crippen LogP contribution is -2.22. The number of sulfonamides is 1. The molecule has 0 aliphatic heterocycles. The lowest BCUT2D eigenvalue weighted by atomic mass is 10.2. The highest BCUT2D eigenvalue weighted by Gasteiger charge is 2.15. The first-order valence-electron chi connectivity index (χ1n) is 6.79. The molecule has 0 spiro atoms. The Morgan fingerprint density at radius 1 is 1.23 bits per heavy atom. The Kier molecular flexibility index (Phi) is 5.44. The van der Waals surface area contributed by atoms with E-state index in [0.717, 1.165) is 5.56 Å². The molecule has 2 aromatic rings. The quantitative estimate of drug-likeness (QED) is 0.841. The summed E-state index contributed by atoms with van der Waals surface area (Å²) >= 11 is 1.19. The van der Waals surface area contributed by atoms with Crippen molar-refractivity contribution < 1.29 is 17.9 Å². The number of methoxy groups -OCH3 is 1. The number of rotatable bonds is 7. The van der Waals surface area contributed by atoms with E-state index in [-0.39, 0.29) is 12.6 Å². The van der Waals surface area contributed by atoms with Gasteiger partial charge in [-0.25, -0.2) is 13.1 Å². The van der Waals surface area contributed by atoms with Crippen molar-refractivity contribution in [3.05, 3.63) is 41.3 Å². The fourth-order valence-corrected chi connectivity index (χ4v) is 3.89. The number of hydrogen-bond donors (Lipinski definition) is 1. The fourth-order valence-electron chi connectivity index (χ4n) is 1.84. The van der Waals surface area contributed by atoms with Crippen molar-refractivity contribution in [3.8, 4) is 11.5 Å². The third kappa shape index (κ3) is 4.22. The van der Waals surface area contributed by atoms with Crippen LogP contribution >= 0.6 is 11.3 Å². The molecular formula is C15H19NO4S2. The first-order valence-corrected chi connectivity index (χ1v) is 9.15. The maximum atomic E-state index is 12.1. The predicted molar refractivity (Wildman–Crippen MR) is 87.1 cm³/mol. The molecule has 0 fully saturated rings. The summed E-state index contributed by atoms with van der Waals surface area (Å²) in [5.74, 6) is 1.23. The number of ether oxygens (including phenoxy) is 2. The molecule has 1 heterocycles. The normalized spacial score (nSPS) is 11.6. The van der Waals surface area contributed by atoms with E-state index in [0.29, 0.717) is 15.7 Å². The van der Waals surface area contributed by atoms with Crippen LogP contribution in [0.3, 0.4) is 0 Å². The van der Waals surface area contributed by atoms with Gasteiger partial charge in [0.05, 0.1) is 13.2 Å². The molecule has 0 aliphatic rings. The zero-order valence-electron chi connectivity index (χ0n) is 12.7. The third-order valence-electron chi connectivity index (χ3n) is 2.82. The molecule has 0 aliphatic carbocycles. The maximum absolute atomic E-state index is 12.1. The van der Waals surface area contributed by atoms with Gasteiger partial charge in [-0.1, -0.05) is 12.1 Å². The molecule has 0 amide bonds. The molecular weight excluding hydrogens is 322 g/mol. The van der Waals surface area contributed by atoms with Gasteiger partial charge >= 0.3 is 0 Å². The van der Waals surface area contributed by atoms with Crippen LogP contribution in [0.15, 0.2) is 39.9 Å². The van der Waals surface area contributed by atoms with Crippen LogP contribution in [0.4, 0.5) is 0 Å². The molecule has 1 aromatic heterocycles. The number of thiophene rings is 1. The predicted octanol–water partition coefficient (Wildman–Crippen LogP) is 3.02. The maximum Gasteiger partial charge on any atom is 0.250 e. The fraction of sp³-hybridized carbons (Fsp3) is 0.333. The molecule has 0 atom stereocenters.